The van der Waals surface area contributed by atoms with Gasteiger partial charge in [-0.05, 0) is 12.8 Å². The molecule has 0 aromatic rings. The maximum atomic E-state index is 10.2. The Morgan fingerprint density at radius 3 is 2.56 bits per heavy atom. The molecule has 0 saturated carbocycles. The summed E-state index contributed by atoms with van der Waals surface area (Å²) in [5.41, 5.74) is 0. The quantitative estimate of drug-likeness (QED) is 0.511. The Morgan fingerprint density at radius 2 is 2.44 bits per heavy atom. The highest BCUT2D eigenvalue weighted by molar-refractivity contribution is 5.67. The molecule has 0 rings (SSSR count). The van der Waals surface area contributed by atoms with Gasteiger partial charge in [0.05, 0.1) is 0 Å². The number of allylic oxidation sites excluding steroid dienone is 1. The van der Waals surface area contributed by atoms with Gasteiger partial charge in [0.1, 0.15) is 0 Å². The molecule has 0 aliphatic carbocycles. The van der Waals surface area contributed by atoms with E-state index < -0.39 is 5.97 Å². The zero-order valence-corrected chi connectivity index (χ0v) is 5.59. The van der Waals surface area contributed by atoms with Gasteiger partial charge in [0, 0.05) is 11.9 Å². The van der Waals surface area contributed by atoms with E-state index in [1.54, 1.807) is 6.08 Å². The molecular formula is C7H11O2-. The van der Waals surface area contributed by atoms with Crippen LogP contribution in [0, 0.1) is 5.92 Å². The first-order valence-corrected chi connectivity index (χ1v) is 3.04. The molecule has 0 aliphatic heterocycles. The second-order valence-corrected chi connectivity index (χ2v) is 1.95. The molecule has 0 saturated heterocycles. The average molecular weight is 127 g/mol. The van der Waals surface area contributed by atoms with Gasteiger partial charge in [-0.1, -0.05) is 13.0 Å². The Hall–Kier alpha value is -0.790. The number of hydrogen-bond acceptors (Lipinski definition) is 2. The molecule has 0 fully saturated rings. The Kier molecular flexibility index (Phi) is 3.76. The standard InChI is InChI=1S/C7H12O2/c1-3-5-6(4-2)7(8)9/h3,6H,1,4-5H2,2H3,(H,8,9)/p-1. The van der Waals surface area contributed by atoms with Crippen molar-refractivity contribution in [1.82, 2.24) is 0 Å². The van der Waals surface area contributed by atoms with Gasteiger partial charge in [0.15, 0.2) is 0 Å². The molecule has 0 spiro atoms. The minimum atomic E-state index is -0.975. The van der Waals surface area contributed by atoms with Crippen molar-refractivity contribution in [1.29, 1.82) is 0 Å². The second-order valence-electron chi connectivity index (χ2n) is 1.95. The average Bonchev–Trinajstić information content (AvgIpc) is 1.82. The fourth-order valence-corrected chi connectivity index (χ4v) is 0.631. The number of aliphatic carboxylic acids is 1. The zero-order chi connectivity index (χ0) is 7.28. The van der Waals surface area contributed by atoms with Crippen LogP contribution < -0.4 is 5.11 Å². The van der Waals surface area contributed by atoms with Crippen molar-refractivity contribution in [2.45, 2.75) is 19.8 Å². The van der Waals surface area contributed by atoms with Crippen LogP contribution in [0.15, 0.2) is 12.7 Å². The van der Waals surface area contributed by atoms with E-state index >= 15 is 0 Å². The van der Waals surface area contributed by atoms with Crippen LogP contribution >= 0.6 is 0 Å². The fraction of sp³-hybridized carbons (Fsp3) is 0.571. The molecule has 0 aromatic heterocycles. The highest BCUT2D eigenvalue weighted by atomic mass is 16.4. The minimum Gasteiger partial charge on any atom is -0.550 e. The van der Waals surface area contributed by atoms with Crippen molar-refractivity contribution in [3.05, 3.63) is 12.7 Å². The summed E-state index contributed by atoms with van der Waals surface area (Å²) >= 11 is 0. The molecule has 0 aliphatic rings. The van der Waals surface area contributed by atoms with Crippen LogP contribution in [0.5, 0.6) is 0 Å². The van der Waals surface area contributed by atoms with Gasteiger partial charge in [-0.25, -0.2) is 0 Å². The number of hydrogen-bond donors (Lipinski definition) is 0. The van der Waals surface area contributed by atoms with Crippen molar-refractivity contribution in [2.75, 3.05) is 0 Å². The van der Waals surface area contributed by atoms with E-state index in [0.29, 0.717) is 12.8 Å². The smallest absolute Gasteiger partial charge is 0.0448 e. The topological polar surface area (TPSA) is 40.1 Å². The minimum absolute atomic E-state index is 0.345. The number of rotatable bonds is 4. The van der Waals surface area contributed by atoms with Crippen LogP contribution in [0.4, 0.5) is 0 Å². The van der Waals surface area contributed by atoms with E-state index in [0.717, 1.165) is 0 Å². The van der Waals surface area contributed by atoms with Crippen molar-refractivity contribution >= 4 is 5.97 Å². The van der Waals surface area contributed by atoms with E-state index in [-0.39, 0.29) is 5.92 Å². The normalized spacial score (nSPS) is 12.6. The summed E-state index contributed by atoms with van der Waals surface area (Å²) in [4.78, 5) is 10.2. The lowest BCUT2D eigenvalue weighted by molar-refractivity contribution is -0.311. The van der Waals surface area contributed by atoms with Crippen molar-refractivity contribution in [3.63, 3.8) is 0 Å². The summed E-state index contributed by atoms with van der Waals surface area (Å²) in [5, 5.41) is 10.2. The lowest BCUT2D eigenvalue weighted by atomic mass is 10.0. The second kappa shape index (κ2) is 4.13. The molecule has 0 heterocycles. The highest BCUT2D eigenvalue weighted by Gasteiger charge is 2.02. The molecule has 0 N–H and O–H groups in total. The predicted octanol–water partition coefficient (Wildman–Crippen LogP) is 0.339. The van der Waals surface area contributed by atoms with Crippen LogP contribution in [0.25, 0.3) is 0 Å². The first-order chi connectivity index (χ1) is 4.22. The van der Waals surface area contributed by atoms with E-state index in [4.69, 9.17) is 0 Å². The summed E-state index contributed by atoms with van der Waals surface area (Å²) in [6, 6.07) is 0. The number of carboxylic acids is 1. The monoisotopic (exact) mass is 127 g/mol. The van der Waals surface area contributed by atoms with Crippen molar-refractivity contribution < 1.29 is 9.90 Å². The maximum absolute atomic E-state index is 10.2. The molecule has 52 valence electrons. The van der Waals surface area contributed by atoms with E-state index in [2.05, 4.69) is 6.58 Å². The third-order valence-electron chi connectivity index (χ3n) is 1.28. The lowest BCUT2D eigenvalue weighted by Gasteiger charge is -2.12. The van der Waals surface area contributed by atoms with Gasteiger partial charge in [-0.2, -0.15) is 0 Å². The Morgan fingerprint density at radius 1 is 1.89 bits per heavy atom. The molecule has 0 radical (unpaired) electrons. The lowest BCUT2D eigenvalue weighted by Crippen LogP contribution is -2.30. The number of carbonyl (C=O) groups is 1. The summed E-state index contributed by atoms with van der Waals surface area (Å²) in [7, 11) is 0. The van der Waals surface area contributed by atoms with Crippen molar-refractivity contribution in [2.24, 2.45) is 5.92 Å². The summed E-state index contributed by atoms with van der Waals surface area (Å²) in [6.07, 6.45) is 2.73. The van der Waals surface area contributed by atoms with E-state index in [1.807, 2.05) is 6.92 Å². The summed E-state index contributed by atoms with van der Waals surface area (Å²) < 4.78 is 0. The van der Waals surface area contributed by atoms with Crippen LogP contribution in [-0.4, -0.2) is 5.97 Å². The van der Waals surface area contributed by atoms with Gasteiger partial charge in [0.2, 0.25) is 0 Å². The number of carbonyl (C=O) groups excluding carboxylic acids is 1. The SMILES string of the molecule is C=CCC(CC)C(=O)[O-]. The number of carboxylic acid groups (broad SMARTS) is 1. The molecule has 2 heteroatoms. The molecule has 0 bridgehead atoms. The molecule has 0 aromatic carbocycles. The molecule has 2 nitrogen and oxygen atoms in total. The highest BCUT2D eigenvalue weighted by Crippen LogP contribution is 2.05. The van der Waals surface area contributed by atoms with E-state index in [1.165, 1.54) is 0 Å². The molecule has 9 heavy (non-hydrogen) atoms. The molecule has 0 amide bonds. The Balaban J connectivity index is 3.67. The fourth-order valence-electron chi connectivity index (χ4n) is 0.631. The van der Waals surface area contributed by atoms with E-state index in [9.17, 15) is 9.90 Å². The predicted molar refractivity (Wildman–Crippen MR) is 33.6 cm³/mol. The third-order valence-corrected chi connectivity index (χ3v) is 1.28. The Labute approximate surface area is 55.2 Å². The third kappa shape index (κ3) is 2.90. The zero-order valence-electron chi connectivity index (χ0n) is 5.59. The molecule has 1 atom stereocenters. The van der Waals surface area contributed by atoms with Gasteiger partial charge in [0.25, 0.3) is 0 Å². The summed E-state index contributed by atoms with van der Waals surface area (Å²) in [6.45, 7) is 5.26. The van der Waals surface area contributed by atoms with Gasteiger partial charge >= 0.3 is 0 Å². The first-order valence-electron chi connectivity index (χ1n) is 3.04. The van der Waals surface area contributed by atoms with Crippen molar-refractivity contribution in [3.8, 4) is 0 Å². The molecule has 1 unspecified atom stereocenters. The largest absolute Gasteiger partial charge is 0.550 e. The summed E-state index contributed by atoms with van der Waals surface area (Å²) in [5.74, 6) is -1.32. The van der Waals surface area contributed by atoms with Crippen LogP contribution in [0.3, 0.4) is 0 Å². The van der Waals surface area contributed by atoms with Gasteiger partial charge in [-0.15, -0.1) is 6.58 Å². The maximum Gasteiger partial charge on any atom is 0.0448 e. The van der Waals surface area contributed by atoms with Gasteiger partial charge in [-0.3, -0.25) is 0 Å². The Bertz CT molecular complexity index is 107. The first kappa shape index (κ1) is 8.21. The van der Waals surface area contributed by atoms with Gasteiger partial charge < -0.3 is 9.90 Å². The van der Waals surface area contributed by atoms with Crippen LogP contribution in [0.1, 0.15) is 19.8 Å². The molecular weight excluding hydrogens is 116 g/mol. The van der Waals surface area contributed by atoms with Crippen LogP contribution in [0.2, 0.25) is 0 Å². The van der Waals surface area contributed by atoms with Crippen LogP contribution in [-0.2, 0) is 4.79 Å².